The van der Waals surface area contributed by atoms with Crippen LogP contribution < -0.4 is 21.1 Å². The summed E-state index contributed by atoms with van der Waals surface area (Å²) in [5.74, 6) is 0.188. The predicted octanol–water partition coefficient (Wildman–Crippen LogP) is 1.84. The van der Waals surface area contributed by atoms with Crippen LogP contribution in [-0.4, -0.2) is 32.0 Å². The Morgan fingerprint density at radius 1 is 1.27 bits per heavy atom. The molecule has 22 heavy (non-hydrogen) atoms. The van der Waals surface area contributed by atoms with E-state index in [-0.39, 0.29) is 24.8 Å². The minimum absolute atomic E-state index is 0.0989. The maximum atomic E-state index is 11.9. The van der Waals surface area contributed by atoms with Gasteiger partial charge in [0.25, 0.3) is 0 Å². The summed E-state index contributed by atoms with van der Waals surface area (Å²) in [6, 6.07) is 3.40. The van der Waals surface area contributed by atoms with Crippen LogP contribution in [0.1, 0.15) is 24.8 Å². The van der Waals surface area contributed by atoms with Crippen molar-refractivity contribution in [2.24, 2.45) is 5.73 Å². The molecule has 6 nitrogen and oxygen atoms in total. The molecular weight excluding hydrogens is 306 g/mol. The number of hydrogen-bond acceptors (Lipinski definition) is 4. The third-order valence-corrected chi connectivity index (χ3v) is 3.44. The standard InChI is InChI=1S/C15H22ClN3O3/c1-10-8-12(13(22-2)9-11(10)16)19-15(21)5-7-18-14(20)4-3-6-17/h8-9H,3-7,17H2,1-2H3,(H,18,20)(H,19,21). The average molecular weight is 328 g/mol. The largest absolute Gasteiger partial charge is 0.495 e. The van der Waals surface area contributed by atoms with E-state index in [9.17, 15) is 9.59 Å². The van der Waals surface area contributed by atoms with Crippen LogP contribution in [0.3, 0.4) is 0 Å². The number of carbonyl (C=O) groups is 2. The Hall–Kier alpha value is -1.79. The second-order valence-electron chi connectivity index (χ2n) is 4.84. The van der Waals surface area contributed by atoms with E-state index in [1.807, 2.05) is 6.92 Å². The van der Waals surface area contributed by atoms with E-state index in [1.54, 1.807) is 12.1 Å². The molecule has 2 amide bonds. The fourth-order valence-corrected chi connectivity index (χ4v) is 1.96. The maximum absolute atomic E-state index is 11.9. The first-order valence-electron chi connectivity index (χ1n) is 7.08. The third-order valence-electron chi connectivity index (χ3n) is 3.04. The number of ether oxygens (including phenoxy) is 1. The van der Waals surface area contributed by atoms with Gasteiger partial charge in [-0.05, 0) is 31.5 Å². The van der Waals surface area contributed by atoms with Gasteiger partial charge in [-0.1, -0.05) is 11.6 Å². The van der Waals surface area contributed by atoms with Gasteiger partial charge >= 0.3 is 0 Å². The van der Waals surface area contributed by atoms with Gasteiger partial charge in [-0.15, -0.1) is 0 Å². The number of nitrogens with one attached hydrogen (secondary N) is 2. The number of amides is 2. The molecule has 0 saturated heterocycles. The minimum Gasteiger partial charge on any atom is -0.495 e. The molecule has 0 radical (unpaired) electrons. The van der Waals surface area contributed by atoms with Crippen LogP contribution in [0.25, 0.3) is 0 Å². The van der Waals surface area contributed by atoms with E-state index in [1.165, 1.54) is 7.11 Å². The van der Waals surface area contributed by atoms with Gasteiger partial charge in [-0.3, -0.25) is 9.59 Å². The van der Waals surface area contributed by atoms with Crippen LogP contribution in [0.4, 0.5) is 5.69 Å². The van der Waals surface area contributed by atoms with Crippen LogP contribution >= 0.6 is 11.6 Å². The first kappa shape index (κ1) is 18.3. The van der Waals surface area contributed by atoms with Crippen molar-refractivity contribution in [1.29, 1.82) is 0 Å². The zero-order valence-electron chi connectivity index (χ0n) is 12.9. The van der Waals surface area contributed by atoms with Crippen molar-refractivity contribution in [3.8, 4) is 5.75 Å². The molecule has 0 aromatic heterocycles. The molecule has 1 aromatic rings. The molecule has 122 valence electrons. The van der Waals surface area contributed by atoms with Crippen molar-refractivity contribution in [3.05, 3.63) is 22.7 Å². The predicted molar refractivity (Wildman–Crippen MR) is 87.3 cm³/mol. The number of halogens is 1. The fraction of sp³-hybridized carbons (Fsp3) is 0.467. The first-order valence-corrected chi connectivity index (χ1v) is 7.46. The monoisotopic (exact) mass is 327 g/mol. The smallest absolute Gasteiger partial charge is 0.226 e. The van der Waals surface area contributed by atoms with Gasteiger partial charge in [-0.25, -0.2) is 0 Å². The van der Waals surface area contributed by atoms with Crippen LogP contribution in [-0.2, 0) is 9.59 Å². The van der Waals surface area contributed by atoms with Crippen molar-refractivity contribution in [2.45, 2.75) is 26.2 Å². The lowest BCUT2D eigenvalue weighted by molar-refractivity contribution is -0.121. The molecule has 0 aliphatic rings. The Morgan fingerprint density at radius 3 is 2.64 bits per heavy atom. The maximum Gasteiger partial charge on any atom is 0.226 e. The molecule has 0 aliphatic heterocycles. The van der Waals surface area contributed by atoms with Crippen molar-refractivity contribution in [3.63, 3.8) is 0 Å². The van der Waals surface area contributed by atoms with Crippen LogP contribution in [0.5, 0.6) is 5.75 Å². The fourth-order valence-electron chi connectivity index (χ4n) is 1.81. The molecule has 0 saturated carbocycles. The molecule has 7 heteroatoms. The number of anilines is 1. The molecule has 0 bridgehead atoms. The van der Waals surface area contributed by atoms with Gasteiger partial charge in [-0.2, -0.15) is 0 Å². The van der Waals surface area contributed by atoms with Crippen LogP contribution in [0, 0.1) is 6.92 Å². The highest BCUT2D eigenvalue weighted by atomic mass is 35.5. The van der Waals surface area contributed by atoms with Crippen molar-refractivity contribution in [1.82, 2.24) is 5.32 Å². The Bertz CT molecular complexity index is 535. The number of aryl methyl sites for hydroxylation is 1. The van der Waals surface area contributed by atoms with Gasteiger partial charge in [0.1, 0.15) is 5.75 Å². The zero-order chi connectivity index (χ0) is 16.5. The van der Waals surface area contributed by atoms with E-state index in [0.29, 0.717) is 35.8 Å². The lowest BCUT2D eigenvalue weighted by Crippen LogP contribution is -2.27. The Morgan fingerprint density at radius 2 is 2.00 bits per heavy atom. The molecule has 0 atom stereocenters. The SMILES string of the molecule is COc1cc(Cl)c(C)cc1NC(=O)CCNC(=O)CCCN. The van der Waals surface area contributed by atoms with E-state index in [2.05, 4.69) is 10.6 Å². The second-order valence-corrected chi connectivity index (χ2v) is 5.25. The van der Waals surface area contributed by atoms with Crippen LogP contribution in [0.15, 0.2) is 12.1 Å². The summed E-state index contributed by atoms with van der Waals surface area (Å²) in [7, 11) is 1.51. The molecule has 0 spiro atoms. The van der Waals surface area contributed by atoms with E-state index in [4.69, 9.17) is 22.1 Å². The highest BCUT2D eigenvalue weighted by molar-refractivity contribution is 6.31. The van der Waals surface area contributed by atoms with Crippen molar-refractivity contribution >= 4 is 29.1 Å². The number of rotatable bonds is 8. The molecule has 0 unspecified atom stereocenters. The van der Waals surface area contributed by atoms with E-state index >= 15 is 0 Å². The Balaban J connectivity index is 2.48. The molecule has 0 aliphatic carbocycles. The highest BCUT2D eigenvalue weighted by Crippen LogP contribution is 2.30. The zero-order valence-corrected chi connectivity index (χ0v) is 13.6. The summed E-state index contributed by atoms with van der Waals surface area (Å²) in [6.45, 7) is 2.60. The molecule has 4 N–H and O–H groups in total. The first-order chi connectivity index (χ1) is 10.5. The lowest BCUT2D eigenvalue weighted by atomic mass is 10.2. The van der Waals surface area contributed by atoms with Crippen molar-refractivity contribution in [2.75, 3.05) is 25.5 Å². The van der Waals surface area contributed by atoms with Gasteiger partial charge in [0.05, 0.1) is 12.8 Å². The van der Waals surface area contributed by atoms with Gasteiger partial charge in [0.2, 0.25) is 11.8 Å². The summed E-state index contributed by atoms with van der Waals surface area (Å²) >= 11 is 6.01. The second kappa shape index (κ2) is 9.27. The third kappa shape index (κ3) is 5.91. The highest BCUT2D eigenvalue weighted by Gasteiger charge is 2.10. The quantitative estimate of drug-likeness (QED) is 0.679. The number of benzene rings is 1. The van der Waals surface area contributed by atoms with Gasteiger partial charge < -0.3 is 21.1 Å². The molecule has 0 fully saturated rings. The summed E-state index contributed by atoms with van der Waals surface area (Å²) < 4.78 is 5.19. The molecule has 1 aromatic carbocycles. The lowest BCUT2D eigenvalue weighted by Gasteiger charge is -2.12. The normalized spacial score (nSPS) is 10.2. The topological polar surface area (TPSA) is 93.5 Å². The van der Waals surface area contributed by atoms with Gasteiger partial charge in [0, 0.05) is 30.5 Å². The number of carbonyl (C=O) groups excluding carboxylic acids is 2. The van der Waals surface area contributed by atoms with Gasteiger partial charge in [0.15, 0.2) is 0 Å². The summed E-state index contributed by atoms with van der Waals surface area (Å²) in [5.41, 5.74) is 6.72. The average Bonchev–Trinajstić information content (AvgIpc) is 2.48. The Labute approximate surface area is 135 Å². The summed E-state index contributed by atoms with van der Waals surface area (Å²) in [6.07, 6.45) is 1.20. The van der Waals surface area contributed by atoms with Crippen molar-refractivity contribution < 1.29 is 14.3 Å². The summed E-state index contributed by atoms with van der Waals surface area (Å²) in [5, 5.41) is 6.00. The van der Waals surface area contributed by atoms with E-state index < -0.39 is 0 Å². The Kier molecular flexibility index (Phi) is 7.70. The molecular formula is C15H22ClN3O3. The number of methoxy groups -OCH3 is 1. The molecule has 1 rings (SSSR count). The minimum atomic E-state index is -0.209. The number of nitrogens with two attached hydrogens (primary N) is 1. The summed E-state index contributed by atoms with van der Waals surface area (Å²) in [4.78, 5) is 23.3. The van der Waals surface area contributed by atoms with Crippen LogP contribution in [0.2, 0.25) is 5.02 Å². The number of hydrogen-bond donors (Lipinski definition) is 3. The molecule has 0 heterocycles. The van der Waals surface area contributed by atoms with E-state index in [0.717, 1.165) is 5.56 Å².